The maximum Gasteiger partial charge on any atom is 0.191 e. The van der Waals surface area contributed by atoms with Gasteiger partial charge in [-0.15, -0.1) is 11.3 Å². The molecule has 0 atom stereocenters. The van der Waals surface area contributed by atoms with Gasteiger partial charge < -0.3 is 10.6 Å². The van der Waals surface area contributed by atoms with Crippen molar-refractivity contribution in [3.63, 3.8) is 0 Å². The topological polar surface area (TPSA) is 49.3 Å². The molecule has 0 aliphatic heterocycles. The third-order valence-corrected chi connectivity index (χ3v) is 4.69. The highest BCUT2D eigenvalue weighted by Gasteiger charge is 2.00. The molecule has 1 heterocycles. The SMILES string of the molecule is CCNC(=NCc1ccc(C)cc1)NCCCCc1nc(C)cs1. The van der Waals surface area contributed by atoms with Gasteiger partial charge in [-0.25, -0.2) is 9.98 Å². The van der Waals surface area contributed by atoms with Crippen molar-refractivity contribution in [2.75, 3.05) is 13.1 Å². The Morgan fingerprint density at radius 1 is 1.12 bits per heavy atom. The molecule has 1 aromatic heterocycles. The van der Waals surface area contributed by atoms with Gasteiger partial charge in [0.05, 0.1) is 11.6 Å². The fraction of sp³-hybridized carbons (Fsp3) is 0.474. The van der Waals surface area contributed by atoms with E-state index in [4.69, 9.17) is 0 Å². The van der Waals surface area contributed by atoms with Gasteiger partial charge in [-0.3, -0.25) is 0 Å². The normalized spacial score (nSPS) is 11.5. The number of aromatic nitrogens is 1. The quantitative estimate of drug-likeness (QED) is 0.434. The average Bonchev–Trinajstić information content (AvgIpc) is 2.99. The minimum atomic E-state index is 0.702. The molecule has 2 N–H and O–H groups in total. The fourth-order valence-corrected chi connectivity index (χ4v) is 3.15. The highest BCUT2D eigenvalue weighted by atomic mass is 32.1. The molecule has 0 saturated heterocycles. The van der Waals surface area contributed by atoms with Crippen molar-refractivity contribution in [1.29, 1.82) is 0 Å². The lowest BCUT2D eigenvalue weighted by molar-refractivity contribution is 0.692. The highest BCUT2D eigenvalue weighted by molar-refractivity contribution is 7.09. The largest absolute Gasteiger partial charge is 0.357 e. The van der Waals surface area contributed by atoms with Crippen LogP contribution in [0, 0.1) is 13.8 Å². The van der Waals surface area contributed by atoms with Gasteiger partial charge in [-0.2, -0.15) is 0 Å². The smallest absolute Gasteiger partial charge is 0.191 e. The van der Waals surface area contributed by atoms with Crippen LogP contribution in [0.1, 0.15) is 41.6 Å². The van der Waals surface area contributed by atoms with Crippen molar-refractivity contribution in [3.8, 4) is 0 Å². The Labute approximate surface area is 149 Å². The zero-order valence-electron chi connectivity index (χ0n) is 14.9. The van der Waals surface area contributed by atoms with E-state index in [1.54, 1.807) is 11.3 Å². The number of benzene rings is 1. The molecule has 0 aliphatic rings. The van der Waals surface area contributed by atoms with Gasteiger partial charge in [0.2, 0.25) is 0 Å². The molecule has 0 bridgehead atoms. The highest BCUT2D eigenvalue weighted by Crippen LogP contribution is 2.11. The van der Waals surface area contributed by atoms with Crippen molar-refractivity contribution in [3.05, 3.63) is 51.5 Å². The maximum atomic E-state index is 4.66. The maximum absolute atomic E-state index is 4.66. The lowest BCUT2D eigenvalue weighted by Gasteiger charge is -2.11. The van der Waals surface area contributed by atoms with Gasteiger partial charge in [0.1, 0.15) is 0 Å². The Morgan fingerprint density at radius 3 is 2.58 bits per heavy atom. The van der Waals surface area contributed by atoms with E-state index in [1.165, 1.54) is 16.1 Å². The van der Waals surface area contributed by atoms with Gasteiger partial charge in [0.25, 0.3) is 0 Å². The van der Waals surface area contributed by atoms with Crippen LogP contribution in [0.25, 0.3) is 0 Å². The van der Waals surface area contributed by atoms with Crippen molar-refractivity contribution in [2.45, 2.75) is 46.6 Å². The van der Waals surface area contributed by atoms with Crippen LogP contribution in [0.15, 0.2) is 34.6 Å². The summed E-state index contributed by atoms with van der Waals surface area (Å²) in [6.07, 6.45) is 3.34. The number of thiazole rings is 1. The van der Waals surface area contributed by atoms with Gasteiger partial charge in [0.15, 0.2) is 5.96 Å². The second kappa shape index (κ2) is 10.1. The number of hydrogen-bond acceptors (Lipinski definition) is 3. The molecule has 1 aromatic carbocycles. The molecule has 5 heteroatoms. The second-order valence-electron chi connectivity index (χ2n) is 5.95. The van der Waals surface area contributed by atoms with Crippen molar-refractivity contribution in [2.24, 2.45) is 4.99 Å². The Morgan fingerprint density at radius 2 is 1.92 bits per heavy atom. The number of nitrogens with zero attached hydrogens (tertiary/aromatic N) is 2. The first kappa shape index (κ1) is 18.5. The molecule has 4 nitrogen and oxygen atoms in total. The molecule has 24 heavy (non-hydrogen) atoms. The van der Waals surface area contributed by atoms with Crippen LogP contribution < -0.4 is 10.6 Å². The number of rotatable bonds is 8. The first-order valence-electron chi connectivity index (χ1n) is 8.66. The van der Waals surface area contributed by atoms with Gasteiger partial charge >= 0.3 is 0 Å². The lowest BCUT2D eigenvalue weighted by atomic mass is 10.1. The standard InChI is InChI=1S/C19H28N4S/c1-4-20-19(22-13-17-10-8-15(2)9-11-17)21-12-6-5-7-18-23-16(3)14-24-18/h8-11,14H,4-7,12-13H2,1-3H3,(H2,20,21,22). The third kappa shape index (κ3) is 6.71. The molecule has 0 spiro atoms. The Bertz CT molecular complexity index is 631. The molecule has 0 fully saturated rings. The van der Waals surface area contributed by atoms with Crippen LogP contribution >= 0.6 is 11.3 Å². The van der Waals surface area contributed by atoms with Gasteiger partial charge in [-0.05, 0) is 45.6 Å². The summed E-state index contributed by atoms with van der Waals surface area (Å²) in [5, 5.41) is 10.1. The van der Waals surface area contributed by atoms with Gasteiger partial charge in [0, 0.05) is 24.2 Å². The van der Waals surface area contributed by atoms with Crippen LogP contribution in [-0.2, 0) is 13.0 Å². The molecular weight excluding hydrogens is 316 g/mol. The van der Waals surface area contributed by atoms with Gasteiger partial charge in [-0.1, -0.05) is 29.8 Å². The van der Waals surface area contributed by atoms with Crippen LogP contribution in [0.2, 0.25) is 0 Å². The van der Waals surface area contributed by atoms with Crippen LogP contribution in [0.3, 0.4) is 0 Å². The van der Waals surface area contributed by atoms with E-state index in [-0.39, 0.29) is 0 Å². The predicted octanol–water partition coefficient (Wildman–Crippen LogP) is 3.84. The molecule has 2 rings (SSSR count). The summed E-state index contributed by atoms with van der Waals surface area (Å²) in [6, 6.07) is 8.54. The number of aryl methyl sites for hydroxylation is 3. The average molecular weight is 345 g/mol. The first-order chi connectivity index (χ1) is 11.7. The van der Waals surface area contributed by atoms with Crippen molar-refractivity contribution >= 4 is 17.3 Å². The van der Waals surface area contributed by atoms with E-state index in [0.717, 1.165) is 44.0 Å². The monoisotopic (exact) mass is 344 g/mol. The predicted molar refractivity (Wildman–Crippen MR) is 104 cm³/mol. The van der Waals surface area contributed by atoms with Crippen LogP contribution in [0.5, 0.6) is 0 Å². The second-order valence-corrected chi connectivity index (χ2v) is 6.89. The molecular formula is C19H28N4S. The van der Waals surface area contributed by atoms with E-state index in [2.05, 4.69) is 71.0 Å². The lowest BCUT2D eigenvalue weighted by Crippen LogP contribution is -2.37. The van der Waals surface area contributed by atoms with Crippen LogP contribution in [0.4, 0.5) is 0 Å². The van der Waals surface area contributed by atoms with Crippen molar-refractivity contribution in [1.82, 2.24) is 15.6 Å². The first-order valence-corrected chi connectivity index (χ1v) is 9.54. The number of nitrogens with one attached hydrogen (secondary N) is 2. The van der Waals surface area contributed by atoms with E-state index < -0.39 is 0 Å². The molecule has 130 valence electrons. The summed E-state index contributed by atoms with van der Waals surface area (Å²) in [4.78, 5) is 9.16. The van der Waals surface area contributed by atoms with E-state index >= 15 is 0 Å². The minimum absolute atomic E-state index is 0.702. The van der Waals surface area contributed by atoms with Crippen molar-refractivity contribution < 1.29 is 0 Å². The Hall–Kier alpha value is -1.88. The third-order valence-electron chi connectivity index (χ3n) is 3.66. The summed E-state index contributed by atoms with van der Waals surface area (Å²) in [5.74, 6) is 0.892. The Balaban J connectivity index is 1.71. The number of guanidine groups is 1. The summed E-state index contributed by atoms with van der Waals surface area (Å²) in [5.41, 5.74) is 3.64. The zero-order valence-corrected chi connectivity index (χ0v) is 15.7. The number of unbranched alkanes of at least 4 members (excludes halogenated alkanes) is 1. The number of aliphatic imine (C=N–C) groups is 1. The van der Waals surface area contributed by atoms with E-state index in [9.17, 15) is 0 Å². The zero-order chi connectivity index (χ0) is 17.2. The summed E-state index contributed by atoms with van der Waals surface area (Å²) in [7, 11) is 0. The molecule has 0 aliphatic carbocycles. The minimum Gasteiger partial charge on any atom is -0.357 e. The van der Waals surface area contributed by atoms with E-state index in [0.29, 0.717) is 6.54 Å². The van der Waals surface area contributed by atoms with Crippen LogP contribution in [-0.4, -0.2) is 24.0 Å². The Kier molecular flexibility index (Phi) is 7.75. The molecule has 0 unspecified atom stereocenters. The fourth-order valence-electron chi connectivity index (χ4n) is 2.33. The van der Waals surface area contributed by atoms with E-state index in [1.807, 2.05) is 0 Å². The summed E-state index contributed by atoms with van der Waals surface area (Å²) < 4.78 is 0. The summed E-state index contributed by atoms with van der Waals surface area (Å²) in [6.45, 7) is 8.75. The molecule has 0 radical (unpaired) electrons. The molecule has 0 amide bonds. The number of hydrogen-bond donors (Lipinski definition) is 2. The summed E-state index contributed by atoms with van der Waals surface area (Å²) >= 11 is 1.76. The molecule has 2 aromatic rings. The molecule has 0 saturated carbocycles.